The fourth-order valence-corrected chi connectivity index (χ4v) is 3.64. The highest BCUT2D eigenvalue weighted by molar-refractivity contribution is 6.35. The summed E-state index contributed by atoms with van der Waals surface area (Å²) >= 11 is 11.9. The Morgan fingerprint density at radius 1 is 1.20 bits per heavy atom. The van der Waals surface area contributed by atoms with E-state index in [4.69, 9.17) is 23.2 Å². The first-order valence-electron chi connectivity index (χ1n) is 6.54. The molecule has 1 aromatic rings. The molecule has 1 N–H and O–H groups in total. The molecular formula is C14H17Cl3N2O. The molecule has 110 valence electrons. The third kappa shape index (κ3) is 3.06. The number of amides is 1. The summed E-state index contributed by atoms with van der Waals surface area (Å²) in [6.45, 7) is 3.74. The number of carbonyl (C=O) groups excluding carboxylic acids is 1. The predicted molar refractivity (Wildman–Crippen MR) is 84.2 cm³/mol. The maximum atomic E-state index is 12.5. The minimum absolute atomic E-state index is 0. The summed E-state index contributed by atoms with van der Waals surface area (Å²) in [7, 11) is 0. The van der Waals surface area contributed by atoms with Crippen LogP contribution in [0.3, 0.4) is 0 Å². The Bertz CT molecular complexity index is 495. The van der Waals surface area contributed by atoms with Crippen LogP contribution in [-0.4, -0.2) is 37.0 Å². The van der Waals surface area contributed by atoms with Crippen molar-refractivity contribution in [2.75, 3.05) is 26.2 Å². The largest absolute Gasteiger partial charge is 0.338 e. The van der Waals surface area contributed by atoms with Crippen molar-refractivity contribution in [1.29, 1.82) is 0 Å². The molecule has 0 bridgehead atoms. The lowest BCUT2D eigenvalue weighted by Crippen LogP contribution is -2.33. The first-order chi connectivity index (χ1) is 9.08. The average Bonchev–Trinajstić information content (AvgIpc) is 2.98. The number of carbonyl (C=O) groups is 1. The van der Waals surface area contributed by atoms with Crippen LogP contribution < -0.4 is 5.32 Å². The van der Waals surface area contributed by atoms with Gasteiger partial charge in [-0.15, -0.1) is 12.4 Å². The van der Waals surface area contributed by atoms with Gasteiger partial charge in [-0.1, -0.05) is 23.2 Å². The van der Waals surface area contributed by atoms with Crippen LogP contribution in [0.5, 0.6) is 0 Å². The maximum Gasteiger partial charge on any atom is 0.253 e. The summed E-state index contributed by atoms with van der Waals surface area (Å²) in [4.78, 5) is 14.4. The van der Waals surface area contributed by atoms with Crippen molar-refractivity contribution in [2.24, 2.45) is 5.41 Å². The lowest BCUT2D eigenvalue weighted by molar-refractivity contribution is 0.0775. The van der Waals surface area contributed by atoms with E-state index in [1.807, 2.05) is 4.90 Å². The van der Waals surface area contributed by atoms with Crippen LogP contribution in [0.1, 0.15) is 23.2 Å². The van der Waals surface area contributed by atoms with E-state index in [-0.39, 0.29) is 23.7 Å². The van der Waals surface area contributed by atoms with Crippen molar-refractivity contribution < 1.29 is 4.79 Å². The fourth-order valence-electron chi connectivity index (χ4n) is 3.11. The number of halogens is 3. The minimum atomic E-state index is 0. The monoisotopic (exact) mass is 334 g/mol. The molecule has 1 spiro atoms. The van der Waals surface area contributed by atoms with Crippen LogP contribution in [0.15, 0.2) is 18.2 Å². The number of nitrogens with one attached hydrogen (secondary N) is 1. The van der Waals surface area contributed by atoms with Gasteiger partial charge >= 0.3 is 0 Å². The molecule has 0 saturated carbocycles. The van der Waals surface area contributed by atoms with Crippen LogP contribution in [0.4, 0.5) is 0 Å². The van der Waals surface area contributed by atoms with Gasteiger partial charge in [-0.2, -0.15) is 0 Å². The zero-order chi connectivity index (χ0) is 13.5. The zero-order valence-electron chi connectivity index (χ0n) is 11.0. The van der Waals surface area contributed by atoms with Gasteiger partial charge in [0.05, 0.1) is 0 Å². The number of nitrogens with zero attached hydrogens (tertiary/aromatic N) is 1. The smallest absolute Gasteiger partial charge is 0.253 e. The van der Waals surface area contributed by atoms with Gasteiger partial charge in [-0.25, -0.2) is 0 Å². The molecule has 0 aliphatic carbocycles. The van der Waals surface area contributed by atoms with E-state index in [2.05, 4.69) is 5.32 Å². The minimum Gasteiger partial charge on any atom is -0.338 e. The number of rotatable bonds is 1. The second-order valence-corrected chi connectivity index (χ2v) is 6.43. The molecule has 2 aliphatic rings. The Morgan fingerprint density at radius 2 is 1.90 bits per heavy atom. The summed E-state index contributed by atoms with van der Waals surface area (Å²) in [6, 6.07) is 5.02. The van der Waals surface area contributed by atoms with Gasteiger partial charge in [0.25, 0.3) is 5.91 Å². The van der Waals surface area contributed by atoms with Gasteiger partial charge in [-0.05, 0) is 37.6 Å². The summed E-state index contributed by atoms with van der Waals surface area (Å²) in [5.41, 5.74) is 0.874. The lowest BCUT2D eigenvalue weighted by Gasteiger charge is -2.22. The second-order valence-electron chi connectivity index (χ2n) is 5.56. The topological polar surface area (TPSA) is 32.3 Å². The molecule has 1 aromatic carbocycles. The first-order valence-corrected chi connectivity index (χ1v) is 7.30. The zero-order valence-corrected chi connectivity index (χ0v) is 13.3. The maximum absolute atomic E-state index is 12.5. The van der Waals surface area contributed by atoms with E-state index in [9.17, 15) is 4.79 Å². The van der Waals surface area contributed by atoms with Gasteiger partial charge in [0.2, 0.25) is 0 Å². The first kappa shape index (κ1) is 15.9. The van der Waals surface area contributed by atoms with Crippen LogP contribution >= 0.6 is 35.6 Å². The molecule has 1 atom stereocenters. The number of likely N-dealkylation sites (tertiary alicyclic amines) is 1. The highest BCUT2D eigenvalue weighted by Gasteiger charge is 2.41. The van der Waals surface area contributed by atoms with Crippen molar-refractivity contribution in [3.05, 3.63) is 33.8 Å². The molecule has 6 heteroatoms. The molecule has 20 heavy (non-hydrogen) atoms. The van der Waals surface area contributed by atoms with Crippen molar-refractivity contribution in [1.82, 2.24) is 10.2 Å². The summed E-state index contributed by atoms with van der Waals surface area (Å²) in [6.07, 6.45) is 2.24. The van der Waals surface area contributed by atoms with Crippen molar-refractivity contribution in [3.63, 3.8) is 0 Å². The molecule has 2 fully saturated rings. The molecule has 3 rings (SSSR count). The molecule has 3 nitrogen and oxygen atoms in total. The molecule has 1 unspecified atom stereocenters. The summed E-state index contributed by atoms with van der Waals surface area (Å²) in [5, 5.41) is 4.41. The normalized spacial score (nSPS) is 25.0. The summed E-state index contributed by atoms with van der Waals surface area (Å²) in [5.74, 6) is 0.0353. The average molecular weight is 336 g/mol. The molecule has 2 aliphatic heterocycles. The fraction of sp³-hybridized carbons (Fsp3) is 0.500. The number of hydrogen-bond donors (Lipinski definition) is 1. The van der Waals surface area contributed by atoms with E-state index >= 15 is 0 Å². The Labute approximate surface area is 135 Å². The van der Waals surface area contributed by atoms with E-state index in [1.165, 1.54) is 0 Å². The van der Waals surface area contributed by atoms with Gasteiger partial charge in [-0.3, -0.25) is 4.79 Å². The number of hydrogen-bond acceptors (Lipinski definition) is 2. The number of benzene rings is 1. The van der Waals surface area contributed by atoms with E-state index in [0.717, 1.165) is 39.0 Å². The highest BCUT2D eigenvalue weighted by atomic mass is 35.5. The molecule has 2 heterocycles. The Hall–Kier alpha value is -0.480. The van der Waals surface area contributed by atoms with E-state index in [1.54, 1.807) is 18.2 Å². The third-order valence-corrected chi connectivity index (χ3v) is 4.60. The van der Waals surface area contributed by atoms with Gasteiger partial charge in [0.1, 0.15) is 0 Å². The van der Waals surface area contributed by atoms with E-state index in [0.29, 0.717) is 15.6 Å². The van der Waals surface area contributed by atoms with Crippen molar-refractivity contribution in [3.8, 4) is 0 Å². The Kier molecular flexibility index (Phi) is 4.85. The Morgan fingerprint density at radius 3 is 2.50 bits per heavy atom. The van der Waals surface area contributed by atoms with Gasteiger partial charge in [0, 0.05) is 40.7 Å². The standard InChI is InChI=1S/C14H16Cl2N2O.ClH/c15-11-5-10(6-12(16)7-11)13(19)18-4-2-14(9-18)1-3-17-8-14;/h5-7,17H,1-4,8-9H2;1H. The molecule has 1 amide bonds. The van der Waals surface area contributed by atoms with Crippen molar-refractivity contribution in [2.45, 2.75) is 12.8 Å². The predicted octanol–water partition coefficient (Wildman–Crippen LogP) is 3.24. The van der Waals surface area contributed by atoms with Crippen LogP contribution in [0.25, 0.3) is 0 Å². The van der Waals surface area contributed by atoms with Crippen LogP contribution in [-0.2, 0) is 0 Å². The second kappa shape index (κ2) is 6.10. The molecular weight excluding hydrogens is 319 g/mol. The lowest BCUT2D eigenvalue weighted by atomic mass is 9.86. The highest BCUT2D eigenvalue weighted by Crippen LogP contribution is 2.36. The quantitative estimate of drug-likeness (QED) is 0.854. The van der Waals surface area contributed by atoms with Crippen molar-refractivity contribution >= 4 is 41.5 Å². The van der Waals surface area contributed by atoms with E-state index < -0.39 is 0 Å². The molecule has 2 saturated heterocycles. The van der Waals surface area contributed by atoms with Crippen LogP contribution in [0, 0.1) is 5.41 Å². The summed E-state index contributed by atoms with van der Waals surface area (Å²) < 4.78 is 0. The van der Waals surface area contributed by atoms with Crippen LogP contribution in [0.2, 0.25) is 10.0 Å². The SMILES string of the molecule is Cl.O=C(c1cc(Cl)cc(Cl)c1)N1CCC2(CCNC2)C1. The van der Waals surface area contributed by atoms with Gasteiger partial charge < -0.3 is 10.2 Å². The van der Waals surface area contributed by atoms with Gasteiger partial charge in [0.15, 0.2) is 0 Å². The third-order valence-electron chi connectivity index (χ3n) is 4.17. The molecule has 0 aromatic heterocycles. The molecule has 0 radical (unpaired) electrons. The Balaban J connectivity index is 0.00000147.